The van der Waals surface area contributed by atoms with E-state index in [0.29, 0.717) is 24.7 Å². The molecule has 0 saturated carbocycles. The topological polar surface area (TPSA) is 73.9 Å². The molecule has 1 N–H and O–H groups in total. The van der Waals surface area contributed by atoms with Gasteiger partial charge in [0, 0.05) is 5.02 Å². The molecule has 0 spiro atoms. The summed E-state index contributed by atoms with van der Waals surface area (Å²) >= 11 is 5.63. The number of nitrogens with one attached hydrogen (secondary N) is 1. The van der Waals surface area contributed by atoms with Crippen molar-refractivity contribution in [1.29, 1.82) is 0 Å². The normalized spacial score (nSPS) is 12.4. The molecule has 25 heavy (non-hydrogen) atoms. The number of rotatable bonds is 4. The van der Waals surface area contributed by atoms with Gasteiger partial charge in [0.2, 0.25) is 0 Å². The summed E-state index contributed by atoms with van der Waals surface area (Å²) in [5.41, 5.74) is 0.166. The highest BCUT2D eigenvalue weighted by Gasteiger charge is 2.17. The average Bonchev–Trinajstić information content (AvgIpc) is 2.61. The van der Waals surface area contributed by atoms with Gasteiger partial charge in [-0.15, -0.1) is 0 Å². The maximum atomic E-state index is 13.6. The Balaban J connectivity index is 1.57. The van der Waals surface area contributed by atoms with Crippen molar-refractivity contribution in [2.24, 2.45) is 0 Å². The summed E-state index contributed by atoms with van der Waals surface area (Å²) in [7, 11) is 0. The van der Waals surface area contributed by atoms with Crippen LogP contribution in [0.4, 0.5) is 10.1 Å². The minimum atomic E-state index is -0.705. The zero-order valence-electron chi connectivity index (χ0n) is 12.9. The van der Waals surface area contributed by atoms with E-state index in [1.54, 1.807) is 6.07 Å². The van der Waals surface area contributed by atoms with Crippen molar-refractivity contribution >= 4 is 29.2 Å². The second kappa shape index (κ2) is 7.40. The molecule has 0 bridgehead atoms. The Morgan fingerprint density at radius 3 is 2.64 bits per heavy atom. The standard InChI is InChI=1S/C17H13ClFNO5/c18-11-2-3-13(12(19)8-11)20-16(21)9-25-17(22)10-1-4-14-15(7-10)24-6-5-23-14/h1-4,7-8H,5-6,9H2,(H,20,21). The molecule has 0 aliphatic carbocycles. The molecule has 0 aromatic heterocycles. The zero-order valence-corrected chi connectivity index (χ0v) is 13.6. The lowest BCUT2D eigenvalue weighted by Gasteiger charge is -2.18. The molecule has 6 nitrogen and oxygen atoms in total. The van der Waals surface area contributed by atoms with Crippen LogP contribution in [0.5, 0.6) is 11.5 Å². The van der Waals surface area contributed by atoms with Crippen LogP contribution in [-0.4, -0.2) is 31.7 Å². The summed E-state index contributed by atoms with van der Waals surface area (Å²) < 4.78 is 29.3. The third-order valence-electron chi connectivity index (χ3n) is 3.32. The summed E-state index contributed by atoms with van der Waals surface area (Å²) in [6.07, 6.45) is 0. The van der Waals surface area contributed by atoms with Gasteiger partial charge < -0.3 is 19.5 Å². The van der Waals surface area contributed by atoms with Gasteiger partial charge >= 0.3 is 5.97 Å². The van der Waals surface area contributed by atoms with Crippen molar-refractivity contribution < 1.29 is 28.2 Å². The Labute approximate surface area is 147 Å². The van der Waals surface area contributed by atoms with Crippen LogP contribution < -0.4 is 14.8 Å². The number of carbonyl (C=O) groups excluding carboxylic acids is 2. The van der Waals surface area contributed by atoms with Crippen molar-refractivity contribution in [1.82, 2.24) is 0 Å². The zero-order chi connectivity index (χ0) is 17.8. The third-order valence-corrected chi connectivity index (χ3v) is 3.55. The number of anilines is 1. The van der Waals surface area contributed by atoms with Gasteiger partial charge in [-0.3, -0.25) is 4.79 Å². The van der Waals surface area contributed by atoms with Gasteiger partial charge in [0.15, 0.2) is 18.1 Å². The predicted molar refractivity (Wildman–Crippen MR) is 87.8 cm³/mol. The smallest absolute Gasteiger partial charge is 0.338 e. The molecule has 130 valence electrons. The highest BCUT2D eigenvalue weighted by Crippen LogP contribution is 2.30. The van der Waals surface area contributed by atoms with E-state index in [9.17, 15) is 14.0 Å². The van der Waals surface area contributed by atoms with Crippen LogP contribution in [0.3, 0.4) is 0 Å². The third kappa shape index (κ3) is 4.19. The van der Waals surface area contributed by atoms with E-state index in [-0.39, 0.29) is 16.3 Å². The first-order valence-corrected chi connectivity index (χ1v) is 7.72. The first-order valence-electron chi connectivity index (χ1n) is 7.34. The second-order valence-corrected chi connectivity index (χ2v) is 5.54. The van der Waals surface area contributed by atoms with Crippen LogP contribution in [-0.2, 0) is 9.53 Å². The van der Waals surface area contributed by atoms with Gasteiger partial charge in [-0.1, -0.05) is 11.6 Å². The van der Waals surface area contributed by atoms with Gasteiger partial charge in [0.25, 0.3) is 5.91 Å². The van der Waals surface area contributed by atoms with Crippen molar-refractivity contribution in [2.45, 2.75) is 0 Å². The lowest BCUT2D eigenvalue weighted by molar-refractivity contribution is -0.119. The number of hydrogen-bond donors (Lipinski definition) is 1. The molecule has 0 atom stereocenters. The summed E-state index contributed by atoms with van der Waals surface area (Å²) in [5.74, 6) is -1.08. The van der Waals surface area contributed by atoms with E-state index in [1.807, 2.05) is 0 Å². The number of amides is 1. The Bertz CT molecular complexity index is 827. The highest BCUT2D eigenvalue weighted by molar-refractivity contribution is 6.30. The van der Waals surface area contributed by atoms with Gasteiger partial charge in [-0.05, 0) is 36.4 Å². The number of esters is 1. The Kier molecular flexibility index (Phi) is 5.04. The molecule has 0 fully saturated rings. The van der Waals surface area contributed by atoms with Crippen molar-refractivity contribution in [2.75, 3.05) is 25.1 Å². The van der Waals surface area contributed by atoms with Crippen molar-refractivity contribution in [3.05, 3.63) is 52.8 Å². The maximum Gasteiger partial charge on any atom is 0.338 e. The Morgan fingerprint density at radius 2 is 1.88 bits per heavy atom. The molecule has 1 heterocycles. The average molecular weight is 366 g/mol. The van der Waals surface area contributed by atoms with Crippen LogP contribution in [0.25, 0.3) is 0 Å². The molecule has 0 unspecified atom stereocenters. The van der Waals surface area contributed by atoms with Crippen LogP contribution in [0.15, 0.2) is 36.4 Å². The molecule has 1 aliphatic rings. The number of carbonyl (C=O) groups is 2. The fourth-order valence-corrected chi connectivity index (χ4v) is 2.32. The quantitative estimate of drug-likeness (QED) is 0.843. The minimum absolute atomic E-state index is 0.0511. The summed E-state index contributed by atoms with van der Waals surface area (Å²) in [5, 5.41) is 2.51. The molecular formula is C17H13ClFNO5. The monoisotopic (exact) mass is 365 g/mol. The molecule has 2 aromatic rings. The van der Waals surface area contributed by atoms with Gasteiger partial charge in [0.05, 0.1) is 11.3 Å². The van der Waals surface area contributed by atoms with E-state index in [2.05, 4.69) is 5.32 Å². The minimum Gasteiger partial charge on any atom is -0.486 e. The predicted octanol–water partition coefficient (Wildman–Crippen LogP) is 3.05. The number of hydrogen-bond acceptors (Lipinski definition) is 5. The molecule has 3 rings (SSSR count). The molecular weight excluding hydrogens is 353 g/mol. The SMILES string of the molecule is O=C(COC(=O)c1ccc2c(c1)OCCO2)Nc1ccc(Cl)cc1F. The number of ether oxygens (including phenoxy) is 3. The highest BCUT2D eigenvalue weighted by atomic mass is 35.5. The first-order chi connectivity index (χ1) is 12.0. The number of halogens is 2. The van der Waals surface area contributed by atoms with Gasteiger partial charge in [-0.25, -0.2) is 9.18 Å². The Morgan fingerprint density at radius 1 is 1.12 bits per heavy atom. The first kappa shape index (κ1) is 17.0. The summed E-state index contributed by atoms with van der Waals surface area (Å²) in [6, 6.07) is 8.40. The summed E-state index contributed by atoms with van der Waals surface area (Å²) in [6.45, 7) is 0.272. The van der Waals surface area contributed by atoms with Crippen molar-refractivity contribution in [3.63, 3.8) is 0 Å². The van der Waals surface area contributed by atoms with Gasteiger partial charge in [-0.2, -0.15) is 0 Å². The molecule has 1 amide bonds. The van der Waals surface area contributed by atoms with Gasteiger partial charge in [0.1, 0.15) is 19.0 Å². The van der Waals surface area contributed by atoms with Crippen LogP contribution in [0.2, 0.25) is 5.02 Å². The lowest BCUT2D eigenvalue weighted by Crippen LogP contribution is -2.21. The molecule has 0 saturated heterocycles. The van der Waals surface area contributed by atoms with E-state index >= 15 is 0 Å². The van der Waals surface area contributed by atoms with E-state index in [4.69, 9.17) is 25.8 Å². The Hall–Kier alpha value is -2.80. The largest absolute Gasteiger partial charge is 0.486 e. The number of benzene rings is 2. The van der Waals surface area contributed by atoms with Crippen LogP contribution in [0.1, 0.15) is 10.4 Å². The van der Waals surface area contributed by atoms with Crippen molar-refractivity contribution in [3.8, 4) is 11.5 Å². The molecule has 8 heteroatoms. The summed E-state index contributed by atoms with van der Waals surface area (Å²) in [4.78, 5) is 23.8. The van der Waals surface area contributed by atoms with Crippen LogP contribution >= 0.6 is 11.6 Å². The fraction of sp³-hybridized carbons (Fsp3) is 0.176. The number of fused-ring (bicyclic) bond motifs is 1. The lowest BCUT2D eigenvalue weighted by atomic mass is 10.2. The fourth-order valence-electron chi connectivity index (χ4n) is 2.16. The van der Waals surface area contributed by atoms with E-state index in [0.717, 1.165) is 6.07 Å². The van der Waals surface area contributed by atoms with Crippen LogP contribution in [0, 0.1) is 5.82 Å². The second-order valence-electron chi connectivity index (χ2n) is 5.11. The van der Waals surface area contributed by atoms with E-state index in [1.165, 1.54) is 24.3 Å². The molecule has 1 aliphatic heterocycles. The maximum absolute atomic E-state index is 13.6. The molecule has 2 aromatic carbocycles. The van der Waals surface area contributed by atoms with E-state index < -0.39 is 24.3 Å². The molecule has 0 radical (unpaired) electrons.